The smallest absolute Gasteiger partial charge is 0.410 e. The molecule has 0 unspecified atom stereocenters. The highest BCUT2D eigenvalue weighted by molar-refractivity contribution is 6.76. The molecule has 4 aromatic rings. The molecular weight excluding hydrogens is 673 g/mol. The Hall–Kier alpha value is -4.16. The van der Waals surface area contributed by atoms with Crippen LogP contribution in [0.5, 0.6) is 0 Å². The summed E-state index contributed by atoms with van der Waals surface area (Å²) in [6.45, 7) is 20.7. The van der Waals surface area contributed by atoms with E-state index in [4.69, 9.17) is 24.2 Å². The monoisotopic (exact) mass is 728 g/mol. The number of imidazole rings is 2. The number of ether oxygens (including phenoxy) is 3. The Kier molecular flexibility index (Phi) is 10.6. The molecule has 52 heavy (non-hydrogen) atoms. The molecule has 0 spiro atoms. The van der Waals surface area contributed by atoms with Crippen LogP contribution in [0.25, 0.3) is 33.4 Å². The number of hydrogen-bond acceptors (Lipinski definition) is 7. The molecule has 1 N–H and O–H groups in total. The van der Waals surface area contributed by atoms with Crippen LogP contribution in [-0.4, -0.2) is 80.5 Å². The first-order valence-corrected chi connectivity index (χ1v) is 22.4. The number of benzene rings is 2. The molecule has 2 saturated heterocycles. The van der Waals surface area contributed by atoms with Gasteiger partial charge < -0.3 is 23.8 Å². The molecule has 0 saturated carbocycles. The minimum Gasteiger partial charge on any atom is -0.444 e. The number of rotatable bonds is 9. The summed E-state index contributed by atoms with van der Waals surface area (Å²) in [6.07, 6.45) is 4.76. The lowest BCUT2D eigenvalue weighted by Crippen LogP contribution is -2.37. The van der Waals surface area contributed by atoms with Gasteiger partial charge in [0.05, 0.1) is 35.0 Å². The number of fused-ring (bicyclic) bond motifs is 1. The van der Waals surface area contributed by atoms with Crippen molar-refractivity contribution in [1.82, 2.24) is 29.3 Å². The summed E-state index contributed by atoms with van der Waals surface area (Å²) in [4.78, 5) is 43.1. The molecule has 4 heterocycles. The topological polar surface area (TPSA) is 115 Å². The van der Waals surface area contributed by atoms with Gasteiger partial charge in [-0.3, -0.25) is 9.80 Å². The highest BCUT2D eigenvalue weighted by Gasteiger charge is 2.37. The van der Waals surface area contributed by atoms with Gasteiger partial charge in [0, 0.05) is 27.8 Å². The Morgan fingerprint density at radius 1 is 0.827 bits per heavy atom. The van der Waals surface area contributed by atoms with Gasteiger partial charge in [0.2, 0.25) is 0 Å². The SMILES string of the molecule is CC(C)(C)OC(=O)N1CCC[C@H]1c1nc2ccc(-c3ccc(-c4cnc([C@@H]5CCCN5C(=O)OC(C)(C)C)n4COCC[Si](C)(C)C)cc3)cc2[nH]1. The number of H-pyrrole nitrogens is 1. The summed E-state index contributed by atoms with van der Waals surface area (Å²) in [5.74, 6) is 1.61. The van der Waals surface area contributed by atoms with Crippen molar-refractivity contribution in [3.8, 4) is 22.4 Å². The lowest BCUT2D eigenvalue weighted by Gasteiger charge is -2.29. The van der Waals surface area contributed by atoms with Gasteiger partial charge in [-0.15, -0.1) is 0 Å². The van der Waals surface area contributed by atoms with Crippen LogP contribution in [0.4, 0.5) is 9.59 Å². The average molecular weight is 729 g/mol. The number of hydrogen-bond donors (Lipinski definition) is 1. The second kappa shape index (κ2) is 14.7. The second-order valence-electron chi connectivity index (χ2n) is 17.4. The van der Waals surface area contributed by atoms with Crippen LogP contribution in [0.3, 0.4) is 0 Å². The van der Waals surface area contributed by atoms with Gasteiger partial charge in [0.25, 0.3) is 0 Å². The van der Waals surface area contributed by atoms with Crippen LogP contribution < -0.4 is 0 Å². The van der Waals surface area contributed by atoms with E-state index in [0.29, 0.717) is 26.4 Å². The van der Waals surface area contributed by atoms with E-state index in [2.05, 4.69) is 65.6 Å². The van der Waals surface area contributed by atoms with Crippen LogP contribution in [-0.2, 0) is 20.9 Å². The van der Waals surface area contributed by atoms with Gasteiger partial charge in [-0.2, -0.15) is 0 Å². The van der Waals surface area contributed by atoms with Crippen molar-refractivity contribution in [3.63, 3.8) is 0 Å². The van der Waals surface area contributed by atoms with Crippen molar-refractivity contribution in [3.05, 3.63) is 60.3 Å². The van der Waals surface area contributed by atoms with Gasteiger partial charge in [-0.1, -0.05) is 50.0 Å². The number of carbonyl (C=O) groups is 2. The van der Waals surface area contributed by atoms with Gasteiger partial charge in [0.15, 0.2) is 0 Å². The Morgan fingerprint density at radius 2 is 1.40 bits per heavy atom. The molecule has 11 nitrogen and oxygen atoms in total. The van der Waals surface area contributed by atoms with E-state index < -0.39 is 19.3 Å². The van der Waals surface area contributed by atoms with E-state index in [-0.39, 0.29) is 24.3 Å². The molecule has 280 valence electrons. The van der Waals surface area contributed by atoms with E-state index in [0.717, 1.165) is 76.8 Å². The fraction of sp³-hybridized carbons (Fsp3) is 0.550. The van der Waals surface area contributed by atoms with Crippen LogP contribution in [0, 0.1) is 0 Å². The maximum absolute atomic E-state index is 13.2. The standard InChI is InChI=1S/C40H56N6O5Si/c1-39(2,3)50-37(47)44-20-10-12-32(44)35-42-30-19-18-29(24-31(30)43-35)27-14-16-28(17-15-27)34-25-41-36(46(34)26-49-22-23-52(7,8)9)33-13-11-21-45(33)38(48)51-40(4,5)6/h14-19,24-25,32-33H,10-13,20-23,26H2,1-9H3,(H,42,43)/t32-,33-/m0/s1. The third-order valence-electron chi connectivity index (χ3n) is 9.49. The maximum atomic E-state index is 13.2. The van der Waals surface area contributed by atoms with Crippen LogP contribution in [0.15, 0.2) is 48.7 Å². The van der Waals surface area contributed by atoms with E-state index >= 15 is 0 Å². The highest BCUT2D eigenvalue weighted by Crippen LogP contribution is 2.37. The minimum atomic E-state index is -1.27. The van der Waals surface area contributed by atoms with Crippen molar-refractivity contribution in [2.24, 2.45) is 0 Å². The van der Waals surface area contributed by atoms with Crippen LogP contribution in [0.2, 0.25) is 25.7 Å². The Balaban J connectivity index is 1.24. The molecule has 0 radical (unpaired) electrons. The maximum Gasteiger partial charge on any atom is 0.410 e. The van der Waals surface area contributed by atoms with E-state index in [1.165, 1.54) is 0 Å². The summed E-state index contributed by atoms with van der Waals surface area (Å²) in [7, 11) is -1.27. The third-order valence-corrected chi connectivity index (χ3v) is 11.2. The molecule has 2 atom stereocenters. The largest absolute Gasteiger partial charge is 0.444 e. The van der Waals surface area contributed by atoms with Crippen LogP contribution >= 0.6 is 0 Å². The van der Waals surface area contributed by atoms with Crippen LogP contribution in [0.1, 0.15) is 91.0 Å². The normalized spacial score (nSPS) is 18.4. The number of likely N-dealkylation sites (tertiary alicyclic amines) is 2. The van der Waals surface area contributed by atoms with Gasteiger partial charge >= 0.3 is 12.2 Å². The lowest BCUT2D eigenvalue weighted by atomic mass is 10.0. The summed E-state index contributed by atoms with van der Waals surface area (Å²) >= 11 is 0. The number of aromatic amines is 1. The number of nitrogens with zero attached hydrogens (tertiary/aromatic N) is 5. The van der Waals surface area contributed by atoms with Crippen molar-refractivity contribution >= 4 is 31.3 Å². The Labute approximate surface area is 309 Å². The average Bonchev–Trinajstić information content (AvgIpc) is 3.86. The second-order valence-corrected chi connectivity index (χ2v) is 23.0. The quantitative estimate of drug-likeness (QED) is 0.135. The van der Waals surface area contributed by atoms with Crippen molar-refractivity contribution < 1.29 is 23.8 Å². The zero-order valence-electron chi connectivity index (χ0n) is 32.4. The minimum absolute atomic E-state index is 0.139. The van der Waals surface area contributed by atoms with E-state index in [9.17, 15) is 9.59 Å². The summed E-state index contributed by atoms with van der Waals surface area (Å²) in [5, 5.41) is 0. The molecular formula is C40H56N6O5Si. The fourth-order valence-electron chi connectivity index (χ4n) is 6.92. The molecule has 0 bridgehead atoms. The van der Waals surface area contributed by atoms with Gasteiger partial charge in [-0.05, 0) is 102 Å². The van der Waals surface area contributed by atoms with Crippen molar-refractivity contribution in [2.75, 3.05) is 19.7 Å². The molecule has 2 aromatic carbocycles. The number of carbonyl (C=O) groups excluding carboxylic acids is 2. The molecule has 0 aliphatic carbocycles. The summed E-state index contributed by atoms with van der Waals surface area (Å²) in [5.41, 5.74) is 4.77. The first-order valence-electron chi connectivity index (χ1n) is 18.7. The number of aromatic nitrogens is 4. The van der Waals surface area contributed by atoms with E-state index in [1.807, 2.05) is 58.7 Å². The predicted octanol–water partition coefficient (Wildman–Crippen LogP) is 9.55. The van der Waals surface area contributed by atoms with E-state index in [1.54, 1.807) is 4.90 Å². The zero-order valence-corrected chi connectivity index (χ0v) is 33.4. The summed E-state index contributed by atoms with van der Waals surface area (Å²) in [6, 6.07) is 15.5. The van der Waals surface area contributed by atoms with Gasteiger partial charge in [-0.25, -0.2) is 19.6 Å². The summed E-state index contributed by atoms with van der Waals surface area (Å²) < 4.78 is 19.9. The first kappa shape index (κ1) is 37.6. The van der Waals surface area contributed by atoms with Crippen molar-refractivity contribution in [1.29, 1.82) is 0 Å². The van der Waals surface area contributed by atoms with Crippen molar-refractivity contribution in [2.45, 2.75) is 123 Å². The first-order chi connectivity index (χ1) is 24.5. The third kappa shape index (κ3) is 8.89. The molecule has 6 rings (SSSR count). The highest BCUT2D eigenvalue weighted by atomic mass is 28.3. The zero-order chi connectivity index (χ0) is 37.4. The molecule has 2 aromatic heterocycles. The predicted molar refractivity (Wildman–Crippen MR) is 207 cm³/mol. The molecule has 2 aliphatic heterocycles. The number of amides is 2. The molecule has 2 fully saturated rings. The molecule has 2 aliphatic rings. The lowest BCUT2D eigenvalue weighted by molar-refractivity contribution is 0.0199. The Bertz CT molecular complexity index is 1880. The van der Waals surface area contributed by atoms with Gasteiger partial charge in [0.1, 0.15) is 29.6 Å². The fourth-order valence-corrected chi connectivity index (χ4v) is 7.68. The Morgan fingerprint density at radius 3 is 2.02 bits per heavy atom. The number of nitrogens with one attached hydrogen (secondary N) is 1. The molecule has 2 amide bonds. The molecule has 12 heteroatoms.